The molecule has 0 saturated heterocycles. The van der Waals surface area contributed by atoms with Crippen molar-refractivity contribution in [3.05, 3.63) is 35.2 Å². The number of aryl methyl sites for hydroxylation is 2. The van der Waals surface area contributed by atoms with Crippen molar-refractivity contribution < 1.29 is 28.8 Å². The van der Waals surface area contributed by atoms with Crippen LogP contribution in [-0.2, 0) is 16.0 Å². The average Bonchev–Trinajstić information content (AvgIpc) is 3.29. The first kappa shape index (κ1) is 30.4. The van der Waals surface area contributed by atoms with Crippen molar-refractivity contribution in [3.63, 3.8) is 0 Å². The lowest BCUT2D eigenvalue weighted by Crippen LogP contribution is -2.48. The monoisotopic (exact) mass is 569 g/mol. The van der Waals surface area contributed by atoms with E-state index in [1.165, 1.54) is 11.3 Å². The third kappa shape index (κ3) is 7.38. The molecule has 4 amide bonds. The van der Waals surface area contributed by atoms with E-state index in [4.69, 9.17) is 9.26 Å². The van der Waals surface area contributed by atoms with Gasteiger partial charge in [0.2, 0.25) is 11.8 Å². The topological polar surface area (TPSA) is 137 Å². The lowest BCUT2D eigenvalue weighted by molar-refractivity contribution is -0.134. The van der Waals surface area contributed by atoms with Crippen LogP contribution in [0.15, 0.2) is 22.7 Å². The quantitative estimate of drug-likeness (QED) is 0.456. The Hall–Kier alpha value is -3.60. The summed E-state index contributed by atoms with van der Waals surface area (Å²) in [5, 5.41) is 19.7. The maximum absolute atomic E-state index is 13.5. The summed E-state index contributed by atoms with van der Waals surface area (Å²) in [5.41, 5.74) is 2.39. The van der Waals surface area contributed by atoms with Crippen molar-refractivity contribution >= 4 is 29.2 Å². The first-order valence-electron chi connectivity index (χ1n) is 14.5. The molecule has 0 radical (unpaired) electrons. The predicted octanol–water partition coefficient (Wildman–Crippen LogP) is 4.12. The molecule has 3 atom stereocenters. The Morgan fingerprint density at radius 2 is 1.93 bits per heavy atom. The smallest absolute Gasteiger partial charge is 0.321 e. The Bertz CT molecular complexity index is 1220. The van der Waals surface area contributed by atoms with Crippen LogP contribution >= 0.6 is 0 Å². The van der Waals surface area contributed by atoms with E-state index >= 15 is 0 Å². The summed E-state index contributed by atoms with van der Waals surface area (Å²) in [5.74, 6) is 0.758. The number of aliphatic hydroxyl groups is 1. The maximum atomic E-state index is 13.5. The van der Waals surface area contributed by atoms with E-state index in [0.717, 1.165) is 25.7 Å². The van der Waals surface area contributed by atoms with E-state index in [2.05, 4.69) is 15.8 Å². The summed E-state index contributed by atoms with van der Waals surface area (Å²) in [7, 11) is 1.68. The number of ether oxygens (including phenoxy) is 1. The van der Waals surface area contributed by atoms with Gasteiger partial charge in [-0.2, -0.15) is 0 Å². The molecule has 1 aliphatic heterocycles. The summed E-state index contributed by atoms with van der Waals surface area (Å²) in [6, 6.07) is 4.66. The van der Waals surface area contributed by atoms with Gasteiger partial charge < -0.3 is 34.8 Å². The number of hydrogen-bond acceptors (Lipinski definition) is 7. The number of fused-ring (bicyclic) bond motifs is 1. The Morgan fingerprint density at radius 3 is 2.59 bits per heavy atom. The zero-order valence-electron chi connectivity index (χ0n) is 24.7. The fourth-order valence-corrected chi connectivity index (χ4v) is 5.55. The van der Waals surface area contributed by atoms with E-state index < -0.39 is 6.10 Å². The molecule has 1 fully saturated rings. The summed E-state index contributed by atoms with van der Waals surface area (Å²) in [4.78, 5) is 42.6. The van der Waals surface area contributed by atoms with Crippen LogP contribution in [0.5, 0.6) is 5.75 Å². The van der Waals surface area contributed by atoms with Gasteiger partial charge in [-0.05, 0) is 51.8 Å². The van der Waals surface area contributed by atoms with Gasteiger partial charge in [-0.3, -0.25) is 9.59 Å². The van der Waals surface area contributed by atoms with Gasteiger partial charge in [-0.15, -0.1) is 0 Å². The highest BCUT2D eigenvalue weighted by molar-refractivity contribution is 5.93. The molecule has 2 heterocycles. The molecule has 0 bridgehead atoms. The van der Waals surface area contributed by atoms with E-state index in [1.54, 1.807) is 44.0 Å². The van der Waals surface area contributed by atoms with Crippen LogP contribution in [0.25, 0.3) is 0 Å². The molecular weight excluding hydrogens is 526 g/mol. The van der Waals surface area contributed by atoms with Gasteiger partial charge in [-0.1, -0.05) is 31.3 Å². The Morgan fingerprint density at radius 1 is 1.20 bits per heavy atom. The normalized spacial score (nSPS) is 20.6. The number of carbonyl (C=O) groups excluding carboxylic acids is 3. The van der Waals surface area contributed by atoms with Crippen molar-refractivity contribution in [2.75, 3.05) is 37.4 Å². The van der Waals surface area contributed by atoms with E-state index in [0.29, 0.717) is 40.7 Å². The third-order valence-electron chi connectivity index (χ3n) is 8.23. The molecule has 1 aliphatic carbocycles. The molecule has 1 aromatic heterocycles. The van der Waals surface area contributed by atoms with E-state index in [9.17, 15) is 19.5 Å². The molecule has 11 heteroatoms. The number of anilines is 2. The number of urea groups is 1. The average molecular weight is 570 g/mol. The van der Waals surface area contributed by atoms with Crippen LogP contribution in [-0.4, -0.2) is 76.8 Å². The Balaban J connectivity index is 1.57. The van der Waals surface area contributed by atoms with Gasteiger partial charge in [-0.25, -0.2) is 4.79 Å². The number of nitrogens with zero attached hydrogens (tertiary/aromatic N) is 3. The van der Waals surface area contributed by atoms with Crippen molar-refractivity contribution in [2.45, 2.75) is 78.4 Å². The van der Waals surface area contributed by atoms with Crippen LogP contribution in [0.4, 0.5) is 16.2 Å². The van der Waals surface area contributed by atoms with E-state index in [1.807, 2.05) is 13.8 Å². The minimum absolute atomic E-state index is 0.00468. The number of likely N-dealkylation sites (N-methyl/N-ethyl adjacent to an activating group) is 1. The fourth-order valence-electron chi connectivity index (χ4n) is 5.55. The van der Waals surface area contributed by atoms with Crippen LogP contribution in [0.3, 0.4) is 0 Å². The Labute approximate surface area is 241 Å². The number of hydrogen-bond donors (Lipinski definition) is 3. The molecule has 1 saturated carbocycles. The van der Waals surface area contributed by atoms with Gasteiger partial charge in [0, 0.05) is 36.7 Å². The van der Waals surface area contributed by atoms with Crippen molar-refractivity contribution in [2.24, 2.45) is 11.8 Å². The number of benzene rings is 1. The second-order valence-electron chi connectivity index (χ2n) is 11.5. The fraction of sp³-hybridized carbons (Fsp3) is 0.600. The molecule has 4 rings (SSSR count). The summed E-state index contributed by atoms with van der Waals surface area (Å²) < 4.78 is 11.7. The lowest BCUT2D eigenvalue weighted by atomic mass is 9.88. The predicted molar refractivity (Wildman–Crippen MR) is 155 cm³/mol. The highest BCUT2D eigenvalue weighted by Crippen LogP contribution is 2.31. The Kier molecular flexibility index (Phi) is 9.90. The van der Waals surface area contributed by atoms with Crippen LogP contribution < -0.4 is 15.4 Å². The number of rotatable bonds is 7. The molecule has 0 spiro atoms. The van der Waals surface area contributed by atoms with Crippen molar-refractivity contribution in [3.8, 4) is 5.75 Å². The SMILES string of the molecule is Cc1noc(C)c1NC(=O)N(C)C[C@H]1Oc2ccc(NC(=O)C3CCCCC3)cc2CC(=O)N([C@H](C)CO)C[C@@H]1C. The van der Waals surface area contributed by atoms with E-state index in [-0.39, 0.29) is 55.3 Å². The van der Waals surface area contributed by atoms with Gasteiger partial charge in [0.1, 0.15) is 23.2 Å². The zero-order valence-corrected chi connectivity index (χ0v) is 24.7. The maximum Gasteiger partial charge on any atom is 0.321 e. The molecule has 41 heavy (non-hydrogen) atoms. The number of amides is 4. The summed E-state index contributed by atoms with van der Waals surface area (Å²) in [6.45, 7) is 7.69. The van der Waals surface area contributed by atoms with Crippen molar-refractivity contribution in [1.29, 1.82) is 0 Å². The highest BCUT2D eigenvalue weighted by Gasteiger charge is 2.32. The molecule has 0 unspecified atom stereocenters. The molecular formula is C30H43N5O6. The molecule has 224 valence electrons. The van der Waals surface area contributed by atoms with Crippen LogP contribution in [0.2, 0.25) is 0 Å². The largest absolute Gasteiger partial charge is 0.488 e. The van der Waals surface area contributed by atoms with Crippen molar-refractivity contribution in [1.82, 2.24) is 15.0 Å². The minimum Gasteiger partial charge on any atom is -0.488 e. The molecule has 1 aromatic carbocycles. The standard InChI is InChI=1S/C30H43N5O6/c1-18-15-35(19(2)17-36)27(37)14-23-13-24(31-29(38)22-9-7-6-8-10-22)11-12-25(23)40-26(18)16-34(5)30(39)32-28-20(3)33-41-21(28)4/h11-13,18-19,22,26,36H,6-10,14-17H2,1-5H3,(H,31,38)(H,32,39)/t18-,19+,26+/m0/s1. The molecule has 2 aliphatic rings. The van der Waals surface area contributed by atoms with Crippen LogP contribution in [0, 0.1) is 25.7 Å². The minimum atomic E-state index is -0.462. The second kappa shape index (κ2) is 13.4. The highest BCUT2D eigenvalue weighted by atomic mass is 16.5. The summed E-state index contributed by atoms with van der Waals surface area (Å²) in [6.07, 6.45) is 4.68. The lowest BCUT2D eigenvalue weighted by Gasteiger charge is -2.34. The number of aromatic nitrogens is 1. The molecule has 3 N–H and O–H groups in total. The molecule has 11 nitrogen and oxygen atoms in total. The first-order valence-corrected chi connectivity index (χ1v) is 14.5. The molecule has 2 aromatic rings. The van der Waals surface area contributed by atoms with Gasteiger partial charge in [0.25, 0.3) is 0 Å². The second-order valence-corrected chi connectivity index (χ2v) is 11.5. The van der Waals surface area contributed by atoms with Gasteiger partial charge in [0.05, 0.1) is 25.6 Å². The van der Waals surface area contributed by atoms with Crippen LogP contribution in [0.1, 0.15) is 63.0 Å². The van der Waals surface area contributed by atoms with Gasteiger partial charge >= 0.3 is 6.03 Å². The van der Waals surface area contributed by atoms with Gasteiger partial charge in [0.15, 0.2) is 5.76 Å². The number of carbonyl (C=O) groups is 3. The number of aliphatic hydroxyl groups excluding tert-OH is 1. The summed E-state index contributed by atoms with van der Waals surface area (Å²) >= 11 is 0. The third-order valence-corrected chi connectivity index (χ3v) is 8.23. The number of nitrogens with one attached hydrogen (secondary N) is 2. The first-order chi connectivity index (χ1) is 19.6. The zero-order chi connectivity index (χ0) is 29.7.